The molecule has 28 heavy (non-hydrogen) atoms. The molecule has 5 rings (SSSR count). The minimum atomic E-state index is -0.108. The summed E-state index contributed by atoms with van der Waals surface area (Å²) in [6, 6.07) is 22.6. The van der Waals surface area contributed by atoms with Crippen molar-refractivity contribution in [1.82, 2.24) is 10.3 Å². The van der Waals surface area contributed by atoms with Crippen molar-refractivity contribution in [3.8, 4) is 0 Å². The summed E-state index contributed by atoms with van der Waals surface area (Å²) < 4.78 is 0. The predicted octanol–water partition coefficient (Wildman–Crippen LogP) is 4.33. The van der Waals surface area contributed by atoms with E-state index in [1.165, 1.54) is 16.3 Å². The molecular formula is C24H21N3O. The second-order valence-corrected chi connectivity index (χ2v) is 7.33. The Morgan fingerprint density at radius 3 is 2.68 bits per heavy atom. The molecule has 1 aromatic heterocycles. The van der Waals surface area contributed by atoms with Gasteiger partial charge in [-0.05, 0) is 28.5 Å². The standard InChI is InChI=1S/C24H21N3O/c28-24(27-23-10-4-7-17-13-25-12-11-19(17)23)22-15-26-14-21(22)20-9-3-6-16-5-1-2-8-18(16)20/h1-13,21-22,26H,14-15H2,(H,27,28)/t21-,22+/m1/s1. The maximum atomic E-state index is 13.2. The SMILES string of the molecule is O=C(Nc1cccc2cnccc12)[C@H]1CNC[C@@H]1c1cccc2ccccc12. The second kappa shape index (κ2) is 7.06. The molecule has 0 aliphatic carbocycles. The molecule has 4 aromatic rings. The molecule has 138 valence electrons. The maximum Gasteiger partial charge on any atom is 0.229 e. The van der Waals surface area contributed by atoms with Crippen LogP contribution in [0, 0.1) is 5.92 Å². The largest absolute Gasteiger partial charge is 0.325 e. The van der Waals surface area contributed by atoms with Crippen molar-refractivity contribution >= 4 is 33.1 Å². The Labute approximate surface area is 163 Å². The summed E-state index contributed by atoms with van der Waals surface area (Å²) >= 11 is 0. The second-order valence-electron chi connectivity index (χ2n) is 7.33. The van der Waals surface area contributed by atoms with E-state index in [9.17, 15) is 4.79 Å². The maximum absolute atomic E-state index is 13.2. The van der Waals surface area contributed by atoms with Crippen LogP contribution in [0.25, 0.3) is 21.5 Å². The number of pyridine rings is 1. The first kappa shape index (κ1) is 16.9. The topological polar surface area (TPSA) is 54.0 Å². The monoisotopic (exact) mass is 367 g/mol. The van der Waals surface area contributed by atoms with E-state index in [0.717, 1.165) is 23.0 Å². The van der Waals surface area contributed by atoms with Gasteiger partial charge in [0.1, 0.15) is 0 Å². The highest BCUT2D eigenvalue weighted by Crippen LogP contribution is 2.34. The highest BCUT2D eigenvalue weighted by Gasteiger charge is 2.34. The summed E-state index contributed by atoms with van der Waals surface area (Å²) in [6.45, 7) is 1.50. The first-order chi connectivity index (χ1) is 13.8. The number of fused-ring (bicyclic) bond motifs is 2. The lowest BCUT2D eigenvalue weighted by Gasteiger charge is -2.20. The van der Waals surface area contributed by atoms with E-state index in [1.807, 2.05) is 30.5 Å². The molecule has 4 heteroatoms. The minimum Gasteiger partial charge on any atom is -0.325 e. The summed E-state index contributed by atoms with van der Waals surface area (Å²) in [5.74, 6) is 0.109. The lowest BCUT2D eigenvalue weighted by Crippen LogP contribution is -2.28. The molecule has 3 aromatic carbocycles. The van der Waals surface area contributed by atoms with Gasteiger partial charge in [-0.15, -0.1) is 0 Å². The number of rotatable bonds is 3. The lowest BCUT2D eigenvalue weighted by atomic mass is 9.85. The number of nitrogens with one attached hydrogen (secondary N) is 2. The van der Waals surface area contributed by atoms with Crippen molar-refractivity contribution in [1.29, 1.82) is 0 Å². The highest BCUT2D eigenvalue weighted by atomic mass is 16.1. The molecule has 2 atom stereocenters. The van der Waals surface area contributed by atoms with Crippen molar-refractivity contribution in [2.75, 3.05) is 18.4 Å². The summed E-state index contributed by atoms with van der Waals surface area (Å²) in [5, 5.41) is 11.1. The number of aromatic nitrogens is 1. The Hall–Kier alpha value is -3.24. The normalized spacial score (nSPS) is 19.1. The van der Waals surface area contributed by atoms with Crippen LogP contribution >= 0.6 is 0 Å². The van der Waals surface area contributed by atoms with Gasteiger partial charge >= 0.3 is 0 Å². The van der Waals surface area contributed by atoms with Crippen LogP contribution in [0.4, 0.5) is 5.69 Å². The molecule has 2 N–H and O–H groups in total. The minimum absolute atomic E-state index is 0.0623. The van der Waals surface area contributed by atoms with Crippen LogP contribution in [0.15, 0.2) is 79.1 Å². The third-order valence-electron chi connectivity index (χ3n) is 5.71. The summed E-state index contributed by atoms with van der Waals surface area (Å²) in [7, 11) is 0. The van der Waals surface area contributed by atoms with Crippen LogP contribution in [0.3, 0.4) is 0 Å². The average Bonchev–Trinajstić information content (AvgIpc) is 3.23. The van der Waals surface area contributed by atoms with E-state index in [1.54, 1.807) is 6.20 Å². The Morgan fingerprint density at radius 2 is 1.71 bits per heavy atom. The fourth-order valence-corrected chi connectivity index (χ4v) is 4.31. The van der Waals surface area contributed by atoms with E-state index < -0.39 is 0 Å². The average molecular weight is 367 g/mol. The number of nitrogens with zero attached hydrogens (tertiary/aromatic N) is 1. The molecule has 1 aliphatic heterocycles. The molecule has 0 saturated carbocycles. The van der Waals surface area contributed by atoms with Crippen molar-refractivity contribution in [2.24, 2.45) is 5.92 Å². The fourth-order valence-electron chi connectivity index (χ4n) is 4.31. The molecule has 0 bridgehead atoms. The van der Waals surface area contributed by atoms with Gasteiger partial charge < -0.3 is 10.6 Å². The molecule has 1 saturated heterocycles. The first-order valence-corrected chi connectivity index (χ1v) is 9.63. The fraction of sp³-hybridized carbons (Fsp3) is 0.167. The van der Waals surface area contributed by atoms with Gasteiger partial charge in [0.15, 0.2) is 0 Å². The van der Waals surface area contributed by atoms with Gasteiger partial charge in [-0.3, -0.25) is 9.78 Å². The summed E-state index contributed by atoms with van der Waals surface area (Å²) in [6.07, 6.45) is 3.58. The highest BCUT2D eigenvalue weighted by molar-refractivity contribution is 6.03. The number of carbonyl (C=O) groups excluding carboxylic acids is 1. The van der Waals surface area contributed by atoms with E-state index >= 15 is 0 Å². The Kier molecular flexibility index (Phi) is 4.26. The number of carbonyl (C=O) groups is 1. The van der Waals surface area contributed by atoms with Crippen LogP contribution in [0.2, 0.25) is 0 Å². The van der Waals surface area contributed by atoms with Crippen LogP contribution < -0.4 is 10.6 Å². The quantitative estimate of drug-likeness (QED) is 0.567. The molecule has 1 fully saturated rings. The number of benzene rings is 3. The molecular weight excluding hydrogens is 346 g/mol. The number of anilines is 1. The van der Waals surface area contributed by atoms with Crippen molar-refractivity contribution < 1.29 is 4.79 Å². The van der Waals surface area contributed by atoms with Gasteiger partial charge in [0.2, 0.25) is 5.91 Å². The third-order valence-corrected chi connectivity index (χ3v) is 5.71. The van der Waals surface area contributed by atoms with Gasteiger partial charge in [0, 0.05) is 47.9 Å². The number of hydrogen-bond donors (Lipinski definition) is 2. The van der Waals surface area contributed by atoms with Gasteiger partial charge in [-0.2, -0.15) is 0 Å². The Bertz CT molecular complexity index is 1160. The summed E-state index contributed by atoms with van der Waals surface area (Å²) in [5.41, 5.74) is 2.08. The van der Waals surface area contributed by atoms with Gasteiger partial charge in [-0.25, -0.2) is 0 Å². The van der Waals surface area contributed by atoms with Crippen molar-refractivity contribution in [3.63, 3.8) is 0 Å². The van der Waals surface area contributed by atoms with Crippen LogP contribution in [0.5, 0.6) is 0 Å². The van der Waals surface area contributed by atoms with Crippen LogP contribution in [-0.4, -0.2) is 24.0 Å². The molecule has 0 unspecified atom stereocenters. The number of amides is 1. The zero-order chi connectivity index (χ0) is 18.9. The van der Waals surface area contributed by atoms with E-state index in [4.69, 9.17) is 0 Å². The van der Waals surface area contributed by atoms with Crippen molar-refractivity contribution in [3.05, 3.63) is 84.7 Å². The van der Waals surface area contributed by atoms with Gasteiger partial charge in [-0.1, -0.05) is 54.6 Å². The van der Waals surface area contributed by atoms with Gasteiger partial charge in [0.05, 0.1) is 5.92 Å². The molecule has 0 radical (unpaired) electrons. The van der Waals surface area contributed by atoms with E-state index in [2.05, 4.69) is 58.1 Å². The first-order valence-electron chi connectivity index (χ1n) is 9.63. The van der Waals surface area contributed by atoms with Crippen molar-refractivity contribution in [2.45, 2.75) is 5.92 Å². The molecule has 1 aliphatic rings. The third kappa shape index (κ3) is 2.92. The Balaban J connectivity index is 1.47. The predicted molar refractivity (Wildman–Crippen MR) is 113 cm³/mol. The lowest BCUT2D eigenvalue weighted by molar-refractivity contribution is -0.119. The zero-order valence-electron chi connectivity index (χ0n) is 15.4. The van der Waals surface area contributed by atoms with Gasteiger partial charge in [0.25, 0.3) is 0 Å². The summed E-state index contributed by atoms with van der Waals surface area (Å²) in [4.78, 5) is 17.4. The van der Waals surface area contributed by atoms with Crippen LogP contribution in [-0.2, 0) is 4.79 Å². The molecule has 2 heterocycles. The Morgan fingerprint density at radius 1 is 0.893 bits per heavy atom. The smallest absolute Gasteiger partial charge is 0.229 e. The van der Waals surface area contributed by atoms with E-state index in [-0.39, 0.29) is 17.7 Å². The molecule has 4 nitrogen and oxygen atoms in total. The molecule has 0 spiro atoms. The van der Waals surface area contributed by atoms with E-state index in [0.29, 0.717) is 6.54 Å². The van der Waals surface area contributed by atoms with Crippen LogP contribution in [0.1, 0.15) is 11.5 Å². The zero-order valence-corrected chi connectivity index (χ0v) is 15.4. The molecule has 1 amide bonds. The number of hydrogen-bond acceptors (Lipinski definition) is 3.